The third kappa shape index (κ3) is 4.30. The molecular weight excluding hydrogens is 337 g/mol. The van der Waals surface area contributed by atoms with Gasteiger partial charge in [0.15, 0.2) is 5.96 Å². The number of guanidine groups is 1. The molecule has 0 spiro atoms. The highest BCUT2D eigenvalue weighted by atomic mass is 19.1. The van der Waals surface area contributed by atoms with Crippen molar-refractivity contribution in [2.45, 2.75) is 19.3 Å². The Morgan fingerprint density at radius 1 is 1.04 bits per heavy atom. The average Bonchev–Trinajstić information content (AvgIpc) is 2.65. The van der Waals surface area contributed by atoms with Crippen LogP contribution in [0.5, 0.6) is 0 Å². The van der Waals surface area contributed by atoms with Crippen LogP contribution in [0.2, 0.25) is 0 Å². The highest BCUT2D eigenvalue weighted by Gasteiger charge is 2.25. The lowest BCUT2D eigenvalue weighted by Crippen LogP contribution is -2.51. The minimum absolute atomic E-state index is 0.122. The molecule has 0 aromatic heterocycles. The number of anilines is 1. The molecule has 1 aromatic rings. The molecule has 2 aliphatic heterocycles. The molecule has 26 heavy (non-hydrogen) atoms. The molecule has 140 valence electrons. The Balaban J connectivity index is 1.47. The van der Waals surface area contributed by atoms with Gasteiger partial charge in [0.1, 0.15) is 5.82 Å². The van der Waals surface area contributed by atoms with Crippen LogP contribution in [0.1, 0.15) is 19.3 Å². The molecule has 1 aromatic carbocycles. The SMILES string of the molecule is NC(=NCCN1C(=O)CCCC1=O)N1CCN(c2ccc(F)cc2)CC1. The van der Waals surface area contributed by atoms with Gasteiger partial charge in [0.05, 0.1) is 6.54 Å². The number of carbonyl (C=O) groups is 2. The van der Waals surface area contributed by atoms with Gasteiger partial charge in [-0.2, -0.15) is 0 Å². The fourth-order valence-corrected chi connectivity index (χ4v) is 3.26. The number of nitrogens with zero attached hydrogens (tertiary/aromatic N) is 4. The summed E-state index contributed by atoms with van der Waals surface area (Å²) in [4.78, 5) is 33.3. The number of nitrogens with two attached hydrogens (primary N) is 1. The number of halogens is 1. The number of piperidine rings is 1. The Bertz CT molecular complexity index is 667. The van der Waals surface area contributed by atoms with Crippen LogP contribution in [-0.4, -0.2) is 66.8 Å². The predicted molar refractivity (Wildman–Crippen MR) is 97.2 cm³/mol. The highest BCUT2D eigenvalue weighted by molar-refractivity contribution is 5.97. The van der Waals surface area contributed by atoms with Crippen LogP contribution in [0.4, 0.5) is 10.1 Å². The Kier molecular flexibility index (Phi) is 5.70. The van der Waals surface area contributed by atoms with Crippen molar-refractivity contribution in [1.29, 1.82) is 0 Å². The van der Waals surface area contributed by atoms with Gasteiger partial charge in [-0.25, -0.2) is 4.39 Å². The Morgan fingerprint density at radius 3 is 2.27 bits per heavy atom. The van der Waals surface area contributed by atoms with Crippen LogP contribution in [0, 0.1) is 5.82 Å². The summed E-state index contributed by atoms with van der Waals surface area (Å²) in [6, 6.07) is 6.46. The lowest BCUT2D eigenvalue weighted by atomic mass is 10.1. The zero-order valence-corrected chi connectivity index (χ0v) is 14.7. The molecule has 2 fully saturated rings. The molecule has 2 aliphatic rings. The zero-order valence-electron chi connectivity index (χ0n) is 14.7. The molecule has 7 nitrogen and oxygen atoms in total. The van der Waals surface area contributed by atoms with E-state index < -0.39 is 0 Å². The standard InChI is InChI=1S/C18H24FN5O2/c19-14-4-6-15(7-5-14)22-10-12-23(13-11-22)18(20)21-8-9-24-16(25)2-1-3-17(24)26/h4-7H,1-3,8-13H2,(H2,20,21). The lowest BCUT2D eigenvalue weighted by molar-refractivity contribution is -0.147. The normalized spacial score (nSPS) is 19.3. The summed E-state index contributed by atoms with van der Waals surface area (Å²) in [7, 11) is 0. The van der Waals surface area contributed by atoms with Crippen molar-refractivity contribution in [2.24, 2.45) is 10.7 Å². The van der Waals surface area contributed by atoms with E-state index in [-0.39, 0.29) is 24.2 Å². The van der Waals surface area contributed by atoms with Crippen molar-refractivity contribution in [2.75, 3.05) is 44.2 Å². The van der Waals surface area contributed by atoms with Crippen molar-refractivity contribution in [3.8, 4) is 0 Å². The minimum Gasteiger partial charge on any atom is -0.370 e. The van der Waals surface area contributed by atoms with Crippen LogP contribution in [-0.2, 0) is 9.59 Å². The van der Waals surface area contributed by atoms with E-state index in [1.165, 1.54) is 17.0 Å². The maximum atomic E-state index is 13.0. The third-order valence-corrected chi connectivity index (χ3v) is 4.78. The number of likely N-dealkylation sites (tertiary alicyclic amines) is 1. The maximum Gasteiger partial charge on any atom is 0.229 e. The van der Waals surface area contributed by atoms with Crippen LogP contribution in [0.15, 0.2) is 29.3 Å². The van der Waals surface area contributed by atoms with E-state index in [2.05, 4.69) is 9.89 Å². The molecule has 8 heteroatoms. The molecule has 2 heterocycles. The number of piperazine rings is 1. The van der Waals surface area contributed by atoms with E-state index in [9.17, 15) is 14.0 Å². The Hall–Kier alpha value is -2.64. The summed E-state index contributed by atoms with van der Waals surface area (Å²) in [6.45, 7) is 3.58. The first-order valence-electron chi connectivity index (χ1n) is 8.93. The van der Waals surface area contributed by atoms with E-state index in [1.54, 1.807) is 12.1 Å². The van der Waals surface area contributed by atoms with E-state index in [4.69, 9.17) is 5.73 Å². The molecule has 2 saturated heterocycles. The summed E-state index contributed by atoms with van der Waals surface area (Å²) >= 11 is 0. The minimum atomic E-state index is -0.241. The number of amides is 2. The molecule has 2 N–H and O–H groups in total. The smallest absolute Gasteiger partial charge is 0.229 e. The quantitative estimate of drug-likeness (QED) is 0.487. The molecule has 0 unspecified atom stereocenters. The molecule has 0 atom stereocenters. The van der Waals surface area contributed by atoms with Gasteiger partial charge in [0.25, 0.3) is 0 Å². The zero-order chi connectivity index (χ0) is 18.5. The summed E-state index contributed by atoms with van der Waals surface area (Å²) < 4.78 is 13.0. The number of hydrogen-bond acceptors (Lipinski definition) is 4. The number of hydrogen-bond donors (Lipinski definition) is 1. The Morgan fingerprint density at radius 2 is 1.65 bits per heavy atom. The topological polar surface area (TPSA) is 82.2 Å². The van der Waals surface area contributed by atoms with Crippen LogP contribution in [0.3, 0.4) is 0 Å². The Labute approximate surface area is 152 Å². The van der Waals surface area contributed by atoms with Gasteiger partial charge in [-0.15, -0.1) is 0 Å². The van der Waals surface area contributed by atoms with Crippen molar-refractivity contribution >= 4 is 23.5 Å². The van der Waals surface area contributed by atoms with Crippen LogP contribution < -0.4 is 10.6 Å². The molecule has 0 bridgehead atoms. The first-order valence-corrected chi connectivity index (χ1v) is 8.93. The van der Waals surface area contributed by atoms with Gasteiger partial charge in [-0.1, -0.05) is 0 Å². The number of rotatable bonds is 4. The highest BCUT2D eigenvalue weighted by Crippen LogP contribution is 2.17. The van der Waals surface area contributed by atoms with Gasteiger partial charge in [0, 0.05) is 51.3 Å². The van der Waals surface area contributed by atoms with Gasteiger partial charge < -0.3 is 15.5 Å². The molecule has 0 radical (unpaired) electrons. The second-order valence-electron chi connectivity index (χ2n) is 6.48. The average molecular weight is 361 g/mol. The van der Waals surface area contributed by atoms with Crippen molar-refractivity contribution < 1.29 is 14.0 Å². The third-order valence-electron chi connectivity index (χ3n) is 4.78. The lowest BCUT2D eigenvalue weighted by Gasteiger charge is -2.36. The summed E-state index contributed by atoms with van der Waals surface area (Å²) in [5.41, 5.74) is 7.05. The van der Waals surface area contributed by atoms with Gasteiger partial charge in [-0.05, 0) is 30.7 Å². The molecule has 3 rings (SSSR count). The molecule has 2 amide bonds. The van der Waals surface area contributed by atoms with Gasteiger partial charge in [0.2, 0.25) is 11.8 Å². The molecular formula is C18H24FN5O2. The number of benzene rings is 1. The predicted octanol–water partition coefficient (Wildman–Crippen LogP) is 0.801. The molecule has 0 aliphatic carbocycles. The van der Waals surface area contributed by atoms with E-state index in [0.717, 1.165) is 18.8 Å². The first kappa shape index (κ1) is 18.2. The largest absolute Gasteiger partial charge is 0.370 e. The van der Waals surface area contributed by atoms with E-state index in [1.807, 2.05) is 4.90 Å². The second-order valence-corrected chi connectivity index (χ2v) is 6.48. The summed E-state index contributed by atoms with van der Waals surface area (Å²) in [6.07, 6.45) is 1.49. The van der Waals surface area contributed by atoms with Gasteiger partial charge in [-0.3, -0.25) is 19.5 Å². The fraction of sp³-hybridized carbons (Fsp3) is 0.500. The monoisotopic (exact) mass is 361 g/mol. The van der Waals surface area contributed by atoms with Crippen molar-refractivity contribution in [3.05, 3.63) is 30.1 Å². The number of carbonyl (C=O) groups excluding carboxylic acids is 2. The second kappa shape index (κ2) is 8.16. The number of imide groups is 1. The van der Waals surface area contributed by atoms with Crippen LogP contribution >= 0.6 is 0 Å². The van der Waals surface area contributed by atoms with Gasteiger partial charge >= 0.3 is 0 Å². The van der Waals surface area contributed by atoms with Crippen molar-refractivity contribution in [3.63, 3.8) is 0 Å². The van der Waals surface area contributed by atoms with E-state index in [0.29, 0.717) is 44.9 Å². The number of aliphatic imine (C=N–C) groups is 1. The summed E-state index contributed by atoms with van der Waals surface area (Å²) in [5.74, 6) is -0.0547. The summed E-state index contributed by atoms with van der Waals surface area (Å²) in [5, 5.41) is 0. The molecule has 0 saturated carbocycles. The van der Waals surface area contributed by atoms with E-state index >= 15 is 0 Å². The van der Waals surface area contributed by atoms with Crippen molar-refractivity contribution in [1.82, 2.24) is 9.80 Å². The maximum absolute atomic E-state index is 13.0. The first-order chi connectivity index (χ1) is 12.5. The van der Waals surface area contributed by atoms with Crippen LogP contribution in [0.25, 0.3) is 0 Å². The fourth-order valence-electron chi connectivity index (χ4n) is 3.26.